The van der Waals surface area contributed by atoms with Crippen molar-refractivity contribution < 1.29 is 4.74 Å². The van der Waals surface area contributed by atoms with Crippen LogP contribution >= 0.6 is 0 Å². The van der Waals surface area contributed by atoms with Gasteiger partial charge in [-0.15, -0.1) is 0 Å². The number of nitrogens with zero attached hydrogens (tertiary/aromatic N) is 1. The second-order valence-corrected chi connectivity index (χ2v) is 6.38. The molecule has 2 rings (SSSR count). The van der Waals surface area contributed by atoms with E-state index in [9.17, 15) is 0 Å². The van der Waals surface area contributed by atoms with Gasteiger partial charge in [0.15, 0.2) is 0 Å². The van der Waals surface area contributed by atoms with E-state index < -0.39 is 0 Å². The van der Waals surface area contributed by atoms with Crippen LogP contribution in [0.1, 0.15) is 16.7 Å². The molecule has 0 bridgehead atoms. The molecule has 0 aliphatic rings. The molecule has 0 saturated carbocycles. The third kappa shape index (κ3) is 5.19. The highest BCUT2D eigenvalue weighted by Crippen LogP contribution is 2.20. The summed E-state index contributed by atoms with van der Waals surface area (Å²) in [5, 5.41) is 0. The lowest BCUT2D eigenvalue weighted by Gasteiger charge is -2.22. The number of aryl methyl sites for hydroxylation is 1. The van der Waals surface area contributed by atoms with Gasteiger partial charge in [-0.2, -0.15) is 0 Å². The molecule has 0 heterocycles. The molecular weight excluding hydrogens is 270 g/mol. The molecule has 1 atom stereocenters. The molecule has 22 heavy (non-hydrogen) atoms. The van der Waals surface area contributed by atoms with Crippen LogP contribution in [0.4, 0.5) is 0 Å². The van der Waals surface area contributed by atoms with Gasteiger partial charge in [0.25, 0.3) is 0 Å². The number of ether oxygens (including phenoxy) is 1. The van der Waals surface area contributed by atoms with Gasteiger partial charge in [0.05, 0.1) is 7.11 Å². The highest BCUT2D eigenvalue weighted by atomic mass is 16.5. The van der Waals surface area contributed by atoms with Crippen LogP contribution in [0.3, 0.4) is 0 Å². The first kappa shape index (κ1) is 16.6. The Morgan fingerprint density at radius 1 is 0.955 bits per heavy atom. The number of hydrogen-bond acceptors (Lipinski definition) is 2. The van der Waals surface area contributed by atoms with Gasteiger partial charge in [-0.25, -0.2) is 0 Å². The molecule has 2 nitrogen and oxygen atoms in total. The van der Waals surface area contributed by atoms with Gasteiger partial charge in [0.2, 0.25) is 0 Å². The van der Waals surface area contributed by atoms with Gasteiger partial charge >= 0.3 is 0 Å². The predicted molar refractivity (Wildman–Crippen MR) is 93.6 cm³/mol. The second kappa shape index (κ2) is 8.00. The smallest absolute Gasteiger partial charge is 0.119 e. The lowest BCUT2D eigenvalue weighted by atomic mass is 9.91. The first-order chi connectivity index (χ1) is 10.6. The molecule has 118 valence electrons. The predicted octanol–water partition coefficient (Wildman–Crippen LogP) is 3.97. The molecule has 0 amide bonds. The van der Waals surface area contributed by atoms with E-state index in [-0.39, 0.29) is 0 Å². The van der Waals surface area contributed by atoms with Crippen LogP contribution < -0.4 is 4.74 Å². The zero-order valence-electron chi connectivity index (χ0n) is 14.2. The van der Waals surface area contributed by atoms with Gasteiger partial charge in [-0.3, -0.25) is 0 Å². The topological polar surface area (TPSA) is 12.5 Å². The van der Waals surface area contributed by atoms with Crippen LogP contribution in [-0.2, 0) is 12.8 Å². The van der Waals surface area contributed by atoms with Gasteiger partial charge in [-0.05, 0) is 63.0 Å². The van der Waals surface area contributed by atoms with Crippen molar-refractivity contribution in [3.8, 4) is 5.75 Å². The Bertz CT molecular complexity index is 592. The SMILES string of the molecule is COc1cccc(CC(Cc2cccc(C)c2)CN(C)C)c1. The van der Waals surface area contributed by atoms with E-state index in [1.807, 2.05) is 6.07 Å². The van der Waals surface area contributed by atoms with Crippen LogP contribution in [0.15, 0.2) is 48.5 Å². The molecule has 0 fully saturated rings. The Hall–Kier alpha value is -1.80. The first-order valence-electron chi connectivity index (χ1n) is 7.90. The van der Waals surface area contributed by atoms with Crippen molar-refractivity contribution in [2.24, 2.45) is 5.92 Å². The van der Waals surface area contributed by atoms with Crippen molar-refractivity contribution in [3.63, 3.8) is 0 Å². The maximum atomic E-state index is 5.34. The van der Waals surface area contributed by atoms with E-state index in [2.05, 4.69) is 68.4 Å². The molecule has 0 saturated heterocycles. The van der Waals surface area contributed by atoms with E-state index in [4.69, 9.17) is 4.74 Å². The summed E-state index contributed by atoms with van der Waals surface area (Å²) in [6.45, 7) is 3.25. The molecule has 0 aliphatic carbocycles. The van der Waals surface area contributed by atoms with E-state index in [1.54, 1.807) is 7.11 Å². The highest BCUT2D eigenvalue weighted by molar-refractivity contribution is 5.29. The van der Waals surface area contributed by atoms with E-state index in [0.717, 1.165) is 25.1 Å². The van der Waals surface area contributed by atoms with Crippen LogP contribution in [0, 0.1) is 12.8 Å². The van der Waals surface area contributed by atoms with E-state index in [1.165, 1.54) is 16.7 Å². The molecule has 2 aromatic carbocycles. The number of methoxy groups -OCH3 is 1. The fourth-order valence-corrected chi connectivity index (χ4v) is 3.02. The molecular formula is C20H27NO. The molecule has 2 heteroatoms. The maximum Gasteiger partial charge on any atom is 0.119 e. The Balaban J connectivity index is 2.11. The van der Waals surface area contributed by atoms with Crippen molar-refractivity contribution in [3.05, 3.63) is 65.2 Å². The minimum Gasteiger partial charge on any atom is -0.497 e. The lowest BCUT2D eigenvalue weighted by molar-refractivity contribution is 0.321. The quantitative estimate of drug-likeness (QED) is 0.767. The fraction of sp³-hybridized carbons (Fsp3) is 0.400. The molecule has 0 spiro atoms. The van der Waals surface area contributed by atoms with Gasteiger partial charge in [-0.1, -0.05) is 42.0 Å². The van der Waals surface area contributed by atoms with Gasteiger partial charge in [0.1, 0.15) is 5.75 Å². The first-order valence-corrected chi connectivity index (χ1v) is 7.90. The van der Waals surface area contributed by atoms with Crippen LogP contribution in [0.2, 0.25) is 0 Å². The Morgan fingerprint density at radius 2 is 1.59 bits per heavy atom. The summed E-state index contributed by atoms with van der Waals surface area (Å²) >= 11 is 0. The Labute approximate surface area is 134 Å². The zero-order valence-corrected chi connectivity index (χ0v) is 14.2. The second-order valence-electron chi connectivity index (χ2n) is 6.38. The minimum atomic E-state index is 0.601. The Kier molecular flexibility index (Phi) is 6.02. The third-order valence-electron chi connectivity index (χ3n) is 3.89. The summed E-state index contributed by atoms with van der Waals surface area (Å²) in [4.78, 5) is 2.28. The number of rotatable bonds is 7. The summed E-state index contributed by atoms with van der Waals surface area (Å²) in [5.74, 6) is 1.54. The van der Waals surface area contributed by atoms with Crippen molar-refractivity contribution in [1.82, 2.24) is 4.90 Å². The van der Waals surface area contributed by atoms with E-state index >= 15 is 0 Å². The average molecular weight is 297 g/mol. The molecule has 0 N–H and O–H groups in total. The molecule has 1 unspecified atom stereocenters. The molecule has 0 aliphatic heterocycles. The standard InChI is InChI=1S/C20H27NO/c1-16-7-5-8-17(11-16)12-19(15-21(2)3)13-18-9-6-10-20(14-18)22-4/h5-11,14,19H,12-13,15H2,1-4H3. The van der Waals surface area contributed by atoms with Gasteiger partial charge < -0.3 is 9.64 Å². The van der Waals surface area contributed by atoms with Crippen molar-refractivity contribution in [2.75, 3.05) is 27.7 Å². The van der Waals surface area contributed by atoms with Crippen molar-refractivity contribution in [2.45, 2.75) is 19.8 Å². The molecule has 0 radical (unpaired) electrons. The average Bonchev–Trinajstić information content (AvgIpc) is 2.46. The fourth-order valence-electron chi connectivity index (χ4n) is 3.02. The van der Waals surface area contributed by atoms with Crippen LogP contribution in [0.5, 0.6) is 5.75 Å². The third-order valence-corrected chi connectivity index (χ3v) is 3.89. The number of benzene rings is 2. The largest absolute Gasteiger partial charge is 0.497 e. The highest BCUT2D eigenvalue weighted by Gasteiger charge is 2.13. The maximum absolute atomic E-state index is 5.34. The monoisotopic (exact) mass is 297 g/mol. The summed E-state index contributed by atoms with van der Waals surface area (Å²) < 4.78 is 5.34. The summed E-state index contributed by atoms with van der Waals surface area (Å²) in [5.41, 5.74) is 4.11. The van der Waals surface area contributed by atoms with Gasteiger partial charge in [0, 0.05) is 6.54 Å². The molecule has 0 aromatic heterocycles. The number of hydrogen-bond donors (Lipinski definition) is 0. The summed E-state index contributed by atoms with van der Waals surface area (Å²) in [6, 6.07) is 17.3. The summed E-state index contributed by atoms with van der Waals surface area (Å²) in [6.07, 6.45) is 2.18. The van der Waals surface area contributed by atoms with Crippen molar-refractivity contribution in [1.29, 1.82) is 0 Å². The minimum absolute atomic E-state index is 0.601. The summed E-state index contributed by atoms with van der Waals surface area (Å²) in [7, 11) is 6.02. The Morgan fingerprint density at radius 3 is 2.18 bits per heavy atom. The lowest BCUT2D eigenvalue weighted by Crippen LogP contribution is -2.25. The van der Waals surface area contributed by atoms with Crippen LogP contribution in [0.25, 0.3) is 0 Å². The zero-order chi connectivity index (χ0) is 15.9. The molecule has 2 aromatic rings. The van der Waals surface area contributed by atoms with E-state index in [0.29, 0.717) is 5.92 Å². The normalized spacial score (nSPS) is 12.4. The van der Waals surface area contributed by atoms with Crippen molar-refractivity contribution >= 4 is 0 Å². The van der Waals surface area contributed by atoms with Crippen LogP contribution in [-0.4, -0.2) is 32.6 Å².